The first-order chi connectivity index (χ1) is 8.07. The molecule has 3 nitrogen and oxygen atoms in total. The molecule has 1 rings (SSSR count). The van der Waals surface area contributed by atoms with E-state index >= 15 is 0 Å². The van der Waals surface area contributed by atoms with Crippen molar-refractivity contribution in [2.75, 3.05) is 13.6 Å². The number of likely N-dealkylation sites (N-methyl/N-ethyl adjacent to an activating group) is 1. The fraction of sp³-hybridized carbons (Fsp3) is 0.643. The normalized spacial score (nSPS) is 12.1. The van der Waals surface area contributed by atoms with Crippen molar-refractivity contribution in [2.45, 2.75) is 45.7 Å². The van der Waals surface area contributed by atoms with Crippen molar-refractivity contribution in [1.82, 2.24) is 9.88 Å². The van der Waals surface area contributed by atoms with Gasteiger partial charge in [-0.15, -0.1) is 0 Å². The summed E-state index contributed by atoms with van der Waals surface area (Å²) >= 11 is 0. The van der Waals surface area contributed by atoms with Crippen LogP contribution in [0.5, 0.6) is 0 Å². The predicted molar refractivity (Wildman–Crippen MR) is 72.8 cm³/mol. The van der Waals surface area contributed by atoms with Crippen LogP contribution in [0.25, 0.3) is 0 Å². The van der Waals surface area contributed by atoms with Gasteiger partial charge < -0.3 is 5.73 Å². The van der Waals surface area contributed by atoms with Crippen molar-refractivity contribution < 1.29 is 0 Å². The van der Waals surface area contributed by atoms with Crippen LogP contribution in [0.3, 0.4) is 0 Å². The van der Waals surface area contributed by atoms with Gasteiger partial charge in [-0.2, -0.15) is 0 Å². The van der Waals surface area contributed by atoms with Gasteiger partial charge in [0.25, 0.3) is 0 Å². The molecule has 0 aliphatic rings. The molecule has 1 aromatic heterocycles. The van der Waals surface area contributed by atoms with Gasteiger partial charge in [0.15, 0.2) is 0 Å². The Balaban J connectivity index is 2.80. The van der Waals surface area contributed by atoms with E-state index in [1.165, 1.54) is 0 Å². The maximum atomic E-state index is 5.95. The maximum absolute atomic E-state index is 5.95. The monoisotopic (exact) mass is 235 g/mol. The zero-order chi connectivity index (χ0) is 12.9. The first-order valence-electron chi connectivity index (χ1n) is 6.41. The van der Waals surface area contributed by atoms with E-state index in [1.54, 1.807) is 0 Å². The van der Waals surface area contributed by atoms with Crippen LogP contribution in [0.4, 0.5) is 0 Å². The van der Waals surface area contributed by atoms with Gasteiger partial charge in [0, 0.05) is 24.3 Å². The lowest BCUT2D eigenvalue weighted by molar-refractivity contribution is 0.106. The van der Waals surface area contributed by atoms with Gasteiger partial charge in [-0.25, -0.2) is 0 Å². The van der Waals surface area contributed by atoms with Crippen LogP contribution >= 0.6 is 0 Å². The number of aryl methyl sites for hydroxylation is 1. The van der Waals surface area contributed by atoms with Crippen molar-refractivity contribution in [1.29, 1.82) is 0 Å². The molecule has 96 valence electrons. The molecule has 17 heavy (non-hydrogen) atoms. The van der Waals surface area contributed by atoms with Crippen molar-refractivity contribution in [3.8, 4) is 0 Å². The summed E-state index contributed by atoms with van der Waals surface area (Å²) in [4.78, 5) is 6.89. The molecule has 0 unspecified atom stereocenters. The standard InChI is InChI=1S/C14H25N3/c1-5-14(6-2,11-15)17(4)10-13-9-7-8-12(3)16-13/h7-9H,5-6,10-11,15H2,1-4H3. The highest BCUT2D eigenvalue weighted by molar-refractivity contribution is 5.10. The molecule has 0 spiro atoms. The first-order valence-corrected chi connectivity index (χ1v) is 6.41. The van der Waals surface area contributed by atoms with E-state index in [4.69, 9.17) is 5.73 Å². The Labute approximate surface area is 105 Å². The quantitative estimate of drug-likeness (QED) is 0.823. The topological polar surface area (TPSA) is 42.1 Å². The molecular weight excluding hydrogens is 210 g/mol. The van der Waals surface area contributed by atoms with Crippen LogP contribution in [0.15, 0.2) is 18.2 Å². The SMILES string of the molecule is CCC(CC)(CN)N(C)Cc1cccc(C)n1. The van der Waals surface area contributed by atoms with Gasteiger partial charge in [-0.3, -0.25) is 9.88 Å². The number of rotatable bonds is 6. The van der Waals surface area contributed by atoms with Gasteiger partial charge >= 0.3 is 0 Å². The van der Waals surface area contributed by atoms with Crippen molar-refractivity contribution in [2.24, 2.45) is 5.73 Å². The second-order valence-electron chi connectivity index (χ2n) is 4.76. The minimum Gasteiger partial charge on any atom is -0.329 e. The fourth-order valence-electron chi connectivity index (χ4n) is 2.33. The lowest BCUT2D eigenvalue weighted by Gasteiger charge is -2.40. The molecule has 1 heterocycles. The molecule has 0 saturated heterocycles. The van der Waals surface area contributed by atoms with E-state index in [1.807, 2.05) is 13.0 Å². The van der Waals surface area contributed by atoms with Gasteiger partial charge in [0.2, 0.25) is 0 Å². The van der Waals surface area contributed by atoms with E-state index in [0.29, 0.717) is 6.54 Å². The molecule has 0 aliphatic heterocycles. The molecule has 0 amide bonds. The van der Waals surface area contributed by atoms with Gasteiger partial charge in [0.05, 0.1) is 5.69 Å². The zero-order valence-electron chi connectivity index (χ0n) is 11.5. The third kappa shape index (κ3) is 3.27. The minimum absolute atomic E-state index is 0.103. The second kappa shape index (κ2) is 6.12. The molecule has 0 radical (unpaired) electrons. The highest BCUT2D eigenvalue weighted by Gasteiger charge is 2.29. The summed E-state index contributed by atoms with van der Waals surface area (Å²) < 4.78 is 0. The van der Waals surface area contributed by atoms with Gasteiger partial charge in [-0.05, 0) is 38.9 Å². The van der Waals surface area contributed by atoms with Crippen molar-refractivity contribution in [3.05, 3.63) is 29.6 Å². The zero-order valence-corrected chi connectivity index (χ0v) is 11.5. The van der Waals surface area contributed by atoms with Crippen LogP contribution in [0.2, 0.25) is 0 Å². The Kier molecular flexibility index (Phi) is 5.09. The Hall–Kier alpha value is -0.930. The van der Waals surface area contributed by atoms with Crippen molar-refractivity contribution in [3.63, 3.8) is 0 Å². The molecule has 0 bridgehead atoms. The lowest BCUT2D eigenvalue weighted by Crippen LogP contribution is -2.50. The predicted octanol–water partition coefficient (Wildman–Crippen LogP) is 2.34. The Morgan fingerprint density at radius 3 is 2.41 bits per heavy atom. The number of aromatic nitrogens is 1. The largest absolute Gasteiger partial charge is 0.329 e. The maximum Gasteiger partial charge on any atom is 0.0547 e. The molecule has 1 aromatic rings. The average molecular weight is 235 g/mol. The van der Waals surface area contributed by atoms with E-state index in [9.17, 15) is 0 Å². The van der Waals surface area contributed by atoms with Gasteiger partial charge in [0.1, 0.15) is 0 Å². The van der Waals surface area contributed by atoms with E-state index < -0.39 is 0 Å². The van der Waals surface area contributed by atoms with Crippen LogP contribution in [-0.2, 0) is 6.54 Å². The number of pyridine rings is 1. The highest BCUT2D eigenvalue weighted by atomic mass is 15.2. The summed E-state index contributed by atoms with van der Waals surface area (Å²) in [7, 11) is 2.14. The second-order valence-corrected chi connectivity index (χ2v) is 4.76. The molecule has 0 fully saturated rings. The number of nitrogens with two attached hydrogens (primary N) is 1. The molecule has 0 saturated carbocycles. The van der Waals surface area contributed by atoms with Crippen LogP contribution in [0, 0.1) is 6.92 Å². The Morgan fingerprint density at radius 2 is 1.94 bits per heavy atom. The summed E-state index contributed by atoms with van der Waals surface area (Å²) in [5, 5.41) is 0. The third-order valence-electron chi connectivity index (χ3n) is 3.85. The molecule has 3 heteroatoms. The van der Waals surface area contributed by atoms with Crippen LogP contribution in [-0.4, -0.2) is 29.0 Å². The molecule has 0 aliphatic carbocycles. The molecular formula is C14H25N3. The summed E-state index contributed by atoms with van der Waals surface area (Å²) in [6.07, 6.45) is 2.14. The van der Waals surface area contributed by atoms with E-state index in [0.717, 1.165) is 30.8 Å². The van der Waals surface area contributed by atoms with Crippen molar-refractivity contribution >= 4 is 0 Å². The Bertz CT molecular complexity index is 337. The van der Waals surface area contributed by atoms with Crippen LogP contribution in [0.1, 0.15) is 38.1 Å². The first kappa shape index (κ1) is 14.1. The highest BCUT2D eigenvalue weighted by Crippen LogP contribution is 2.22. The number of hydrogen-bond donors (Lipinski definition) is 1. The van der Waals surface area contributed by atoms with Gasteiger partial charge in [-0.1, -0.05) is 19.9 Å². The summed E-state index contributed by atoms with van der Waals surface area (Å²) in [6, 6.07) is 6.17. The average Bonchev–Trinajstić information content (AvgIpc) is 2.32. The fourth-order valence-corrected chi connectivity index (χ4v) is 2.33. The number of hydrogen-bond acceptors (Lipinski definition) is 3. The minimum atomic E-state index is 0.103. The summed E-state index contributed by atoms with van der Waals surface area (Å²) in [5.41, 5.74) is 8.24. The summed E-state index contributed by atoms with van der Waals surface area (Å²) in [5.74, 6) is 0. The summed E-state index contributed by atoms with van der Waals surface area (Å²) in [6.45, 7) is 8.00. The lowest BCUT2D eigenvalue weighted by atomic mass is 9.91. The molecule has 0 atom stereocenters. The smallest absolute Gasteiger partial charge is 0.0547 e. The van der Waals surface area contributed by atoms with E-state index in [-0.39, 0.29) is 5.54 Å². The molecule has 0 aromatic carbocycles. The van der Waals surface area contributed by atoms with E-state index in [2.05, 4.69) is 42.9 Å². The number of nitrogens with zero attached hydrogens (tertiary/aromatic N) is 2. The Morgan fingerprint density at radius 1 is 1.29 bits per heavy atom. The third-order valence-corrected chi connectivity index (χ3v) is 3.85. The molecule has 2 N–H and O–H groups in total. The van der Waals surface area contributed by atoms with Crippen LogP contribution < -0.4 is 5.73 Å².